The van der Waals surface area contributed by atoms with Crippen LogP contribution in [0.1, 0.15) is 69.8 Å². The summed E-state index contributed by atoms with van der Waals surface area (Å²) >= 11 is 0. The van der Waals surface area contributed by atoms with Crippen LogP contribution in [0.25, 0.3) is 10.9 Å². The molecule has 1 atom stereocenters. The highest BCUT2D eigenvalue weighted by molar-refractivity contribution is 6.03. The van der Waals surface area contributed by atoms with E-state index >= 15 is 0 Å². The van der Waals surface area contributed by atoms with E-state index < -0.39 is 5.54 Å². The van der Waals surface area contributed by atoms with Crippen molar-refractivity contribution in [2.45, 2.75) is 83.5 Å². The number of carbonyl (C=O) groups is 2. The van der Waals surface area contributed by atoms with Gasteiger partial charge in [0, 0.05) is 23.0 Å². The van der Waals surface area contributed by atoms with E-state index in [4.69, 9.17) is 0 Å². The summed E-state index contributed by atoms with van der Waals surface area (Å²) in [7, 11) is 0. The molecule has 0 spiro atoms. The molecular weight excluding hydrogens is 350 g/mol. The number of nitrogens with zero attached hydrogens (tertiary/aromatic N) is 2. The summed E-state index contributed by atoms with van der Waals surface area (Å²) < 4.78 is 2.03. The van der Waals surface area contributed by atoms with Crippen LogP contribution in [0.3, 0.4) is 0 Å². The predicted octanol–water partition coefficient (Wildman–Crippen LogP) is 4.10. The van der Waals surface area contributed by atoms with Crippen LogP contribution < -0.4 is 5.32 Å². The van der Waals surface area contributed by atoms with Gasteiger partial charge in [-0.25, -0.2) is 0 Å². The molecule has 2 heterocycles. The number of rotatable bonds is 3. The molecular formula is C23H31N3O2. The molecule has 5 nitrogen and oxygen atoms in total. The van der Waals surface area contributed by atoms with Crippen molar-refractivity contribution in [3.05, 3.63) is 36.0 Å². The highest BCUT2D eigenvalue weighted by Gasteiger charge is 2.49. The molecule has 5 heteroatoms. The summed E-state index contributed by atoms with van der Waals surface area (Å²) in [5.41, 5.74) is 0.796. The number of hydrogen-bond donors (Lipinski definition) is 1. The molecule has 1 aliphatic heterocycles. The second kappa shape index (κ2) is 7.26. The molecule has 0 bridgehead atoms. The van der Waals surface area contributed by atoms with Crippen LogP contribution in [-0.2, 0) is 11.3 Å². The molecule has 1 fully saturated rings. The van der Waals surface area contributed by atoms with E-state index in [9.17, 15) is 9.59 Å². The summed E-state index contributed by atoms with van der Waals surface area (Å²) in [4.78, 5) is 28.7. The first-order chi connectivity index (χ1) is 13.4. The molecule has 1 unspecified atom stereocenters. The van der Waals surface area contributed by atoms with Gasteiger partial charge in [-0.05, 0) is 45.7 Å². The first kappa shape index (κ1) is 19.0. The standard InChI is InChI=1S/C23H31N3O2/c1-16(2)26-21(27)20-14-17-10-8-9-13-19(17)25(20)15-23(26,3)22(28)24-18-11-6-4-5-7-12-18/h8-10,13-14,16,18H,4-7,11-12,15H2,1-3H3,(H,24,28). The molecule has 28 heavy (non-hydrogen) atoms. The fraction of sp³-hybridized carbons (Fsp3) is 0.565. The minimum atomic E-state index is -0.896. The molecule has 1 aromatic carbocycles. The SMILES string of the molecule is CC(C)N1C(=O)c2cc3ccccc3n2CC1(C)C(=O)NC1CCCCCC1. The molecule has 0 radical (unpaired) electrons. The zero-order valence-corrected chi connectivity index (χ0v) is 17.2. The normalized spacial score (nSPS) is 23.7. The van der Waals surface area contributed by atoms with Crippen LogP contribution in [0.4, 0.5) is 0 Å². The van der Waals surface area contributed by atoms with Crippen molar-refractivity contribution in [3.63, 3.8) is 0 Å². The fourth-order valence-corrected chi connectivity index (χ4v) is 5.04. The summed E-state index contributed by atoms with van der Waals surface area (Å²) in [5, 5.41) is 4.34. The van der Waals surface area contributed by atoms with Gasteiger partial charge in [0.25, 0.3) is 5.91 Å². The van der Waals surface area contributed by atoms with Crippen LogP contribution in [0.5, 0.6) is 0 Å². The second-order valence-electron chi connectivity index (χ2n) is 8.88. The second-order valence-corrected chi connectivity index (χ2v) is 8.88. The van der Waals surface area contributed by atoms with E-state index in [2.05, 4.69) is 5.32 Å². The minimum Gasteiger partial charge on any atom is -0.351 e. The van der Waals surface area contributed by atoms with Crippen LogP contribution in [0.2, 0.25) is 0 Å². The third kappa shape index (κ3) is 3.11. The Bertz CT molecular complexity index is 892. The zero-order chi connectivity index (χ0) is 19.9. The lowest BCUT2D eigenvalue weighted by molar-refractivity contribution is -0.134. The number of amides is 2. The first-order valence-corrected chi connectivity index (χ1v) is 10.6. The van der Waals surface area contributed by atoms with E-state index in [1.54, 1.807) is 4.90 Å². The van der Waals surface area contributed by atoms with Crippen molar-refractivity contribution in [1.29, 1.82) is 0 Å². The monoisotopic (exact) mass is 381 g/mol. The van der Waals surface area contributed by atoms with Crippen molar-refractivity contribution in [2.75, 3.05) is 0 Å². The Balaban J connectivity index is 1.71. The number of aromatic nitrogens is 1. The van der Waals surface area contributed by atoms with E-state index in [0.717, 1.165) is 23.7 Å². The third-order valence-electron chi connectivity index (χ3n) is 6.44. The number of para-hydroxylation sites is 1. The fourth-order valence-electron chi connectivity index (χ4n) is 5.04. The Morgan fingerprint density at radius 2 is 1.82 bits per heavy atom. The molecule has 2 aliphatic rings. The number of carbonyl (C=O) groups excluding carboxylic acids is 2. The highest BCUT2D eigenvalue weighted by Crippen LogP contribution is 2.34. The average molecular weight is 382 g/mol. The van der Waals surface area contributed by atoms with Crippen molar-refractivity contribution >= 4 is 22.7 Å². The maximum atomic E-state index is 13.5. The van der Waals surface area contributed by atoms with Gasteiger partial charge in [0.2, 0.25) is 5.91 Å². The number of hydrogen-bond acceptors (Lipinski definition) is 2. The van der Waals surface area contributed by atoms with E-state index in [-0.39, 0.29) is 23.9 Å². The van der Waals surface area contributed by atoms with Crippen LogP contribution in [-0.4, -0.2) is 38.9 Å². The summed E-state index contributed by atoms with van der Waals surface area (Å²) in [6.45, 7) is 6.40. The number of benzene rings is 1. The lowest BCUT2D eigenvalue weighted by Crippen LogP contribution is -2.66. The third-order valence-corrected chi connectivity index (χ3v) is 6.44. The maximum Gasteiger partial charge on any atom is 0.271 e. The maximum absolute atomic E-state index is 13.5. The van der Waals surface area contributed by atoms with Crippen LogP contribution in [0.15, 0.2) is 30.3 Å². The number of nitrogens with one attached hydrogen (secondary N) is 1. The molecule has 0 saturated heterocycles. The van der Waals surface area contributed by atoms with Crippen molar-refractivity contribution < 1.29 is 9.59 Å². The summed E-state index contributed by atoms with van der Waals surface area (Å²) in [6, 6.07) is 10.1. The molecule has 2 aromatic rings. The Labute approximate surface area is 167 Å². The minimum absolute atomic E-state index is 0.0233. The highest BCUT2D eigenvalue weighted by atomic mass is 16.2. The topological polar surface area (TPSA) is 54.3 Å². The van der Waals surface area contributed by atoms with Crippen molar-refractivity contribution in [2.24, 2.45) is 0 Å². The molecule has 2 amide bonds. The van der Waals surface area contributed by atoms with E-state index in [0.29, 0.717) is 12.2 Å². The smallest absolute Gasteiger partial charge is 0.271 e. The van der Waals surface area contributed by atoms with E-state index in [1.165, 1.54) is 25.7 Å². The Hall–Kier alpha value is -2.30. The van der Waals surface area contributed by atoms with Crippen molar-refractivity contribution in [1.82, 2.24) is 14.8 Å². The Morgan fingerprint density at radius 1 is 1.14 bits per heavy atom. The lowest BCUT2D eigenvalue weighted by Gasteiger charge is -2.46. The van der Waals surface area contributed by atoms with Crippen LogP contribution >= 0.6 is 0 Å². The molecule has 1 aliphatic carbocycles. The molecule has 1 aromatic heterocycles. The largest absolute Gasteiger partial charge is 0.351 e. The number of fused-ring (bicyclic) bond motifs is 3. The Kier molecular flexibility index (Phi) is 4.94. The van der Waals surface area contributed by atoms with Gasteiger partial charge in [0.05, 0.1) is 6.54 Å². The van der Waals surface area contributed by atoms with Gasteiger partial charge in [-0.3, -0.25) is 9.59 Å². The molecule has 4 rings (SSSR count). The average Bonchev–Trinajstić information content (AvgIpc) is 2.83. The summed E-state index contributed by atoms with van der Waals surface area (Å²) in [5.74, 6) is -0.0825. The van der Waals surface area contributed by atoms with E-state index in [1.807, 2.05) is 55.7 Å². The lowest BCUT2D eigenvalue weighted by atomic mass is 9.92. The van der Waals surface area contributed by atoms with Gasteiger partial charge in [0.1, 0.15) is 11.2 Å². The zero-order valence-electron chi connectivity index (χ0n) is 17.2. The van der Waals surface area contributed by atoms with Gasteiger partial charge >= 0.3 is 0 Å². The Morgan fingerprint density at radius 3 is 2.50 bits per heavy atom. The van der Waals surface area contributed by atoms with Crippen molar-refractivity contribution in [3.8, 4) is 0 Å². The first-order valence-electron chi connectivity index (χ1n) is 10.6. The molecule has 1 N–H and O–H groups in total. The summed E-state index contributed by atoms with van der Waals surface area (Å²) in [6.07, 6.45) is 6.91. The van der Waals surface area contributed by atoms with Gasteiger partial charge in [0.15, 0.2) is 0 Å². The molecule has 1 saturated carbocycles. The van der Waals surface area contributed by atoms with Gasteiger partial charge in [-0.15, -0.1) is 0 Å². The van der Waals surface area contributed by atoms with Crippen LogP contribution in [0, 0.1) is 0 Å². The quantitative estimate of drug-likeness (QED) is 0.814. The van der Waals surface area contributed by atoms with Gasteiger partial charge in [-0.2, -0.15) is 0 Å². The predicted molar refractivity (Wildman–Crippen MR) is 111 cm³/mol. The van der Waals surface area contributed by atoms with Gasteiger partial charge < -0.3 is 14.8 Å². The molecule has 150 valence electrons. The van der Waals surface area contributed by atoms with Gasteiger partial charge in [-0.1, -0.05) is 43.9 Å².